The van der Waals surface area contributed by atoms with Gasteiger partial charge in [-0.1, -0.05) is 13.8 Å². The number of Topliss-reactive ketones (excluding diaryl/α,β-unsaturated/α-hetero) is 1. The molecule has 1 heterocycles. The summed E-state index contributed by atoms with van der Waals surface area (Å²) in [6.07, 6.45) is 4.87. The summed E-state index contributed by atoms with van der Waals surface area (Å²) < 4.78 is 0. The van der Waals surface area contributed by atoms with Crippen LogP contribution in [0.3, 0.4) is 0 Å². The highest BCUT2D eigenvalue weighted by atomic mass is 16.2. The lowest BCUT2D eigenvalue weighted by Gasteiger charge is -2.20. The van der Waals surface area contributed by atoms with E-state index in [0.717, 1.165) is 32.4 Å². The zero-order chi connectivity index (χ0) is 12.0. The SMILES string of the molecule is CCC(=O)CCCN1CCC(C)CCC1=O. The molecule has 0 aliphatic carbocycles. The van der Waals surface area contributed by atoms with Crippen molar-refractivity contribution in [2.75, 3.05) is 13.1 Å². The smallest absolute Gasteiger partial charge is 0.222 e. The molecule has 92 valence electrons. The fraction of sp³-hybridized carbons (Fsp3) is 0.846. The molecule has 0 aromatic carbocycles. The average molecular weight is 225 g/mol. The van der Waals surface area contributed by atoms with Crippen molar-refractivity contribution in [2.24, 2.45) is 5.92 Å². The lowest BCUT2D eigenvalue weighted by Crippen LogP contribution is -2.31. The number of hydrogen-bond donors (Lipinski definition) is 0. The zero-order valence-corrected chi connectivity index (χ0v) is 10.5. The van der Waals surface area contributed by atoms with E-state index in [2.05, 4.69) is 6.92 Å². The Balaban J connectivity index is 2.29. The minimum absolute atomic E-state index is 0.272. The van der Waals surface area contributed by atoms with Gasteiger partial charge in [-0.2, -0.15) is 0 Å². The summed E-state index contributed by atoms with van der Waals surface area (Å²) in [4.78, 5) is 24.8. The molecule has 1 rings (SSSR count). The molecule has 1 aliphatic heterocycles. The van der Waals surface area contributed by atoms with E-state index in [1.54, 1.807) is 0 Å². The topological polar surface area (TPSA) is 37.4 Å². The summed E-state index contributed by atoms with van der Waals surface area (Å²) >= 11 is 0. The van der Waals surface area contributed by atoms with Crippen LogP contribution in [0.15, 0.2) is 0 Å². The minimum atomic E-state index is 0.272. The molecule has 0 aromatic rings. The number of nitrogens with zero attached hydrogens (tertiary/aromatic N) is 1. The number of amides is 1. The molecular formula is C13H23NO2. The van der Waals surface area contributed by atoms with Crippen LogP contribution in [0.2, 0.25) is 0 Å². The summed E-state index contributed by atoms with van der Waals surface area (Å²) in [5.74, 6) is 1.23. The normalized spacial score (nSPS) is 22.0. The highest BCUT2D eigenvalue weighted by Crippen LogP contribution is 2.17. The predicted octanol–water partition coefficient (Wildman–Crippen LogP) is 2.39. The van der Waals surface area contributed by atoms with Gasteiger partial charge >= 0.3 is 0 Å². The Morgan fingerprint density at radius 3 is 2.88 bits per heavy atom. The first-order valence-corrected chi connectivity index (χ1v) is 6.43. The summed E-state index contributed by atoms with van der Waals surface area (Å²) in [6.45, 7) is 5.73. The first kappa shape index (κ1) is 13.2. The monoisotopic (exact) mass is 225 g/mol. The van der Waals surface area contributed by atoms with Crippen LogP contribution >= 0.6 is 0 Å². The minimum Gasteiger partial charge on any atom is -0.343 e. The zero-order valence-electron chi connectivity index (χ0n) is 10.5. The summed E-state index contributed by atoms with van der Waals surface area (Å²) in [6, 6.07) is 0. The van der Waals surface area contributed by atoms with E-state index in [4.69, 9.17) is 0 Å². The van der Waals surface area contributed by atoms with Crippen LogP contribution < -0.4 is 0 Å². The fourth-order valence-corrected chi connectivity index (χ4v) is 2.05. The molecule has 3 heteroatoms. The molecule has 1 fully saturated rings. The second-order valence-corrected chi connectivity index (χ2v) is 4.81. The van der Waals surface area contributed by atoms with Crippen molar-refractivity contribution >= 4 is 11.7 Å². The van der Waals surface area contributed by atoms with Crippen molar-refractivity contribution in [1.82, 2.24) is 4.90 Å². The van der Waals surface area contributed by atoms with Crippen molar-refractivity contribution in [2.45, 2.75) is 52.4 Å². The van der Waals surface area contributed by atoms with Gasteiger partial charge in [0.1, 0.15) is 5.78 Å². The van der Waals surface area contributed by atoms with Crippen molar-refractivity contribution in [1.29, 1.82) is 0 Å². The molecule has 1 amide bonds. The molecule has 0 spiro atoms. The molecule has 16 heavy (non-hydrogen) atoms. The average Bonchev–Trinajstić information content (AvgIpc) is 2.43. The number of hydrogen-bond acceptors (Lipinski definition) is 2. The summed E-state index contributed by atoms with van der Waals surface area (Å²) in [5, 5.41) is 0. The Hall–Kier alpha value is -0.860. The number of likely N-dealkylation sites (tertiary alicyclic amines) is 1. The maximum Gasteiger partial charge on any atom is 0.222 e. The predicted molar refractivity (Wildman–Crippen MR) is 64.1 cm³/mol. The Kier molecular flexibility index (Phi) is 5.50. The van der Waals surface area contributed by atoms with Gasteiger partial charge in [0.2, 0.25) is 5.91 Å². The number of ketones is 1. The lowest BCUT2D eigenvalue weighted by atomic mass is 10.0. The van der Waals surface area contributed by atoms with Crippen LogP contribution in [0.1, 0.15) is 52.4 Å². The van der Waals surface area contributed by atoms with E-state index in [1.807, 2.05) is 11.8 Å². The number of carbonyl (C=O) groups is 2. The van der Waals surface area contributed by atoms with Gasteiger partial charge in [0.25, 0.3) is 0 Å². The summed E-state index contributed by atoms with van der Waals surface area (Å²) in [7, 11) is 0. The molecule has 0 bridgehead atoms. The van der Waals surface area contributed by atoms with Gasteiger partial charge < -0.3 is 4.90 Å². The second kappa shape index (κ2) is 6.66. The van der Waals surface area contributed by atoms with Crippen LogP contribution in [-0.2, 0) is 9.59 Å². The summed E-state index contributed by atoms with van der Waals surface area (Å²) in [5.41, 5.74) is 0. The van der Waals surface area contributed by atoms with E-state index in [-0.39, 0.29) is 5.91 Å². The molecule has 1 aliphatic rings. The number of rotatable bonds is 5. The first-order valence-electron chi connectivity index (χ1n) is 6.43. The Morgan fingerprint density at radius 1 is 1.44 bits per heavy atom. The molecule has 0 N–H and O–H groups in total. The van der Waals surface area contributed by atoms with Crippen molar-refractivity contribution in [3.63, 3.8) is 0 Å². The van der Waals surface area contributed by atoms with Gasteiger partial charge in [-0.05, 0) is 25.2 Å². The van der Waals surface area contributed by atoms with E-state index in [9.17, 15) is 9.59 Å². The first-order chi connectivity index (χ1) is 7.63. The van der Waals surface area contributed by atoms with Gasteiger partial charge in [0.15, 0.2) is 0 Å². The molecule has 1 saturated heterocycles. The number of carbonyl (C=O) groups excluding carboxylic acids is 2. The quantitative estimate of drug-likeness (QED) is 0.720. The molecule has 0 saturated carbocycles. The third kappa shape index (κ3) is 4.33. The third-order valence-electron chi connectivity index (χ3n) is 3.37. The van der Waals surface area contributed by atoms with Gasteiger partial charge in [0.05, 0.1) is 0 Å². The standard InChI is InChI=1S/C13H23NO2/c1-3-12(15)5-4-9-14-10-8-11(2)6-7-13(14)16/h11H,3-10H2,1-2H3. The highest BCUT2D eigenvalue weighted by Gasteiger charge is 2.19. The molecule has 1 unspecified atom stereocenters. The molecule has 0 aromatic heterocycles. The Bertz CT molecular complexity index is 250. The maximum absolute atomic E-state index is 11.7. The Labute approximate surface area is 98.2 Å². The van der Waals surface area contributed by atoms with Gasteiger partial charge in [-0.15, -0.1) is 0 Å². The van der Waals surface area contributed by atoms with Crippen LogP contribution in [0.4, 0.5) is 0 Å². The van der Waals surface area contributed by atoms with E-state index in [0.29, 0.717) is 31.0 Å². The Morgan fingerprint density at radius 2 is 2.19 bits per heavy atom. The second-order valence-electron chi connectivity index (χ2n) is 4.81. The van der Waals surface area contributed by atoms with Gasteiger partial charge in [-0.3, -0.25) is 9.59 Å². The highest BCUT2D eigenvalue weighted by molar-refractivity contribution is 5.78. The van der Waals surface area contributed by atoms with Crippen LogP contribution in [0, 0.1) is 5.92 Å². The van der Waals surface area contributed by atoms with E-state index < -0.39 is 0 Å². The lowest BCUT2D eigenvalue weighted by molar-refractivity contribution is -0.131. The van der Waals surface area contributed by atoms with Crippen LogP contribution in [0.25, 0.3) is 0 Å². The van der Waals surface area contributed by atoms with Gasteiger partial charge in [-0.25, -0.2) is 0 Å². The van der Waals surface area contributed by atoms with E-state index in [1.165, 1.54) is 0 Å². The molecular weight excluding hydrogens is 202 g/mol. The molecule has 3 nitrogen and oxygen atoms in total. The van der Waals surface area contributed by atoms with Crippen molar-refractivity contribution < 1.29 is 9.59 Å². The van der Waals surface area contributed by atoms with Gasteiger partial charge in [0, 0.05) is 32.4 Å². The molecule has 0 radical (unpaired) electrons. The van der Waals surface area contributed by atoms with Crippen molar-refractivity contribution in [3.05, 3.63) is 0 Å². The van der Waals surface area contributed by atoms with Crippen LogP contribution in [-0.4, -0.2) is 29.7 Å². The molecule has 1 atom stereocenters. The van der Waals surface area contributed by atoms with Crippen molar-refractivity contribution in [3.8, 4) is 0 Å². The largest absolute Gasteiger partial charge is 0.343 e. The fourth-order valence-electron chi connectivity index (χ4n) is 2.05. The maximum atomic E-state index is 11.7. The van der Waals surface area contributed by atoms with E-state index >= 15 is 0 Å². The third-order valence-corrected chi connectivity index (χ3v) is 3.37. The van der Waals surface area contributed by atoms with Crippen LogP contribution in [0.5, 0.6) is 0 Å².